The van der Waals surface area contributed by atoms with Crippen molar-refractivity contribution in [3.63, 3.8) is 0 Å². The number of anilines is 2. The summed E-state index contributed by atoms with van der Waals surface area (Å²) >= 11 is 0. The minimum Gasteiger partial charge on any atom is -0.494 e. The van der Waals surface area contributed by atoms with E-state index in [0.717, 1.165) is 17.1 Å². The van der Waals surface area contributed by atoms with Gasteiger partial charge in [0, 0.05) is 32.0 Å². The lowest BCUT2D eigenvalue weighted by Crippen LogP contribution is -2.33. The zero-order valence-electron chi connectivity index (χ0n) is 17.4. The number of nitrogens with one attached hydrogen (secondary N) is 1. The fraction of sp³-hybridized carbons (Fsp3) is 0.304. The summed E-state index contributed by atoms with van der Waals surface area (Å²) in [6.07, 6.45) is 0.707. The summed E-state index contributed by atoms with van der Waals surface area (Å²) in [6.45, 7) is 4.83. The van der Waals surface area contributed by atoms with Gasteiger partial charge in [-0.05, 0) is 55.3 Å². The maximum Gasteiger partial charge on any atom is 0.278 e. The van der Waals surface area contributed by atoms with Gasteiger partial charge in [0.2, 0.25) is 0 Å². The van der Waals surface area contributed by atoms with E-state index < -0.39 is 0 Å². The van der Waals surface area contributed by atoms with Gasteiger partial charge in [-0.25, -0.2) is 0 Å². The van der Waals surface area contributed by atoms with Gasteiger partial charge in [0.05, 0.1) is 12.2 Å². The Hall–Kier alpha value is -3.28. The molecule has 2 aromatic rings. The molecule has 0 unspecified atom stereocenters. The lowest BCUT2D eigenvalue weighted by Gasteiger charge is -2.15. The van der Waals surface area contributed by atoms with Gasteiger partial charge in [0.1, 0.15) is 11.4 Å². The van der Waals surface area contributed by atoms with Gasteiger partial charge < -0.3 is 15.0 Å². The summed E-state index contributed by atoms with van der Waals surface area (Å²) in [7, 11) is 3.94. The Morgan fingerprint density at radius 2 is 1.59 bits per heavy atom. The molecule has 0 aliphatic carbocycles. The molecule has 152 valence electrons. The highest BCUT2D eigenvalue weighted by Crippen LogP contribution is 2.31. The molecule has 0 saturated carbocycles. The van der Waals surface area contributed by atoms with Crippen molar-refractivity contribution >= 4 is 28.8 Å². The van der Waals surface area contributed by atoms with Crippen LogP contribution in [0.2, 0.25) is 0 Å². The van der Waals surface area contributed by atoms with Crippen LogP contribution >= 0.6 is 0 Å². The number of ether oxygens (including phenoxy) is 1. The number of hydrogen-bond donors (Lipinski definition) is 1. The normalized spacial score (nSPS) is 13.9. The summed E-state index contributed by atoms with van der Waals surface area (Å²) < 4.78 is 5.49. The van der Waals surface area contributed by atoms with Crippen molar-refractivity contribution in [2.45, 2.75) is 20.3 Å². The zero-order chi connectivity index (χ0) is 21.0. The molecule has 1 heterocycles. The van der Waals surface area contributed by atoms with E-state index in [9.17, 15) is 9.59 Å². The highest BCUT2D eigenvalue weighted by atomic mass is 16.5. The number of nitrogens with zero attached hydrogens (tertiary/aromatic N) is 2. The van der Waals surface area contributed by atoms with E-state index in [-0.39, 0.29) is 11.8 Å². The average molecular weight is 393 g/mol. The summed E-state index contributed by atoms with van der Waals surface area (Å²) in [6, 6.07) is 15.0. The van der Waals surface area contributed by atoms with Gasteiger partial charge in [-0.2, -0.15) is 0 Å². The summed E-state index contributed by atoms with van der Waals surface area (Å²) in [5, 5.41) is 3.18. The number of rotatable bonds is 8. The Morgan fingerprint density at radius 1 is 0.931 bits per heavy atom. The second kappa shape index (κ2) is 8.82. The Balaban J connectivity index is 1.98. The van der Waals surface area contributed by atoms with Gasteiger partial charge in [0.15, 0.2) is 0 Å². The predicted molar refractivity (Wildman–Crippen MR) is 116 cm³/mol. The van der Waals surface area contributed by atoms with Crippen LogP contribution < -0.4 is 15.0 Å². The molecule has 3 rings (SSSR count). The van der Waals surface area contributed by atoms with Crippen LogP contribution in [0.4, 0.5) is 11.4 Å². The molecule has 0 radical (unpaired) electrons. The summed E-state index contributed by atoms with van der Waals surface area (Å²) in [5.74, 6) is 0.165. The van der Waals surface area contributed by atoms with Gasteiger partial charge in [-0.1, -0.05) is 19.1 Å². The SMILES string of the molecule is CCCN1C(=O)C(Nc2ccc(N(C)C)cc2)=C(c2ccc(OCC)cc2)C1=O. The Bertz CT molecular complexity index is 915. The molecule has 0 atom stereocenters. The second-order valence-electron chi connectivity index (χ2n) is 7.04. The maximum absolute atomic E-state index is 13.0. The number of hydrogen-bond acceptors (Lipinski definition) is 5. The average Bonchev–Trinajstić information content (AvgIpc) is 2.94. The molecule has 29 heavy (non-hydrogen) atoms. The van der Waals surface area contributed by atoms with Gasteiger partial charge in [-0.15, -0.1) is 0 Å². The van der Waals surface area contributed by atoms with E-state index >= 15 is 0 Å². The minimum absolute atomic E-state index is 0.270. The lowest BCUT2D eigenvalue weighted by molar-refractivity contribution is -0.136. The van der Waals surface area contributed by atoms with Crippen LogP contribution in [0.15, 0.2) is 54.2 Å². The first-order valence-corrected chi connectivity index (χ1v) is 9.84. The lowest BCUT2D eigenvalue weighted by atomic mass is 10.0. The largest absolute Gasteiger partial charge is 0.494 e. The molecule has 1 aliphatic rings. The quantitative estimate of drug-likeness (QED) is 0.692. The Kier molecular flexibility index (Phi) is 6.22. The number of benzene rings is 2. The summed E-state index contributed by atoms with van der Waals surface area (Å²) in [5.41, 5.74) is 3.21. The Morgan fingerprint density at radius 3 is 2.14 bits per heavy atom. The maximum atomic E-state index is 13.0. The molecular formula is C23H27N3O3. The molecule has 6 heteroatoms. The molecule has 1 aliphatic heterocycles. The van der Waals surface area contributed by atoms with Crippen molar-refractivity contribution in [3.05, 3.63) is 59.8 Å². The van der Waals surface area contributed by atoms with E-state index in [4.69, 9.17) is 4.74 Å². The van der Waals surface area contributed by atoms with Crippen molar-refractivity contribution in [1.82, 2.24) is 4.90 Å². The molecule has 1 N–H and O–H groups in total. The number of carbonyl (C=O) groups excluding carboxylic acids is 2. The van der Waals surface area contributed by atoms with Crippen molar-refractivity contribution in [2.24, 2.45) is 0 Å². The van der Waals surface area contributed by atoms with E-state index in [0.29, 0.717) is 36.4 Å². The van der Waals surface area contributed by atoms with Crippen LogP contribution in [-0.4, -0.2) is 44.0 Å². The fourth-order valence-electron chi connectivity index (χ4n) is 3.26. The highest BCUT2D eigenvalue weighted by Gasteiger charge is 2.38. The molecular weight excluding hydrogens is 366 g/mol. The molecule has 0 bridgehead atoms. The van der Waals surface area contributed by atoms with Gasteiger partial charge in [-0.3, -0.25) is 14.5 Å². The van der Waals surface area contributed by atoms with E-state index in [1.807, 2.05) is 81.4 Å². The van der Waals surface area contributed by atoms with Gasteiger partial charge >= 0.3 is 0 Å². The number of carbonyl (C=O) groups is 2. The first kappa shape index (κ1) is 20.5. The zero-order valence-corrected chi connectivity index (χ0v) is 17.4. The predicted octanol–water partition coefficient (Wildman–Crippen LogP) is 3.75. The third-order valence-electron chi connectivity index (χ3n) is 4.72. The molecule has 2 amide bonds. The molecule has 0 spiro atoms. The van der Waals surface area contributed by atoms with Gasteiger partial charge in [0.25, 0.3) is 11.8 Å². The first-order chi connectivity index (χ1) is 14.0. The topological polar surface area (TPSA) is 61.9 Å². The van der Waals surface area contributed by atoms with E-state index in [2.05, 4.69) is 5.32 Å². The Labute approximate surface area is 171 Å². The van der Waals surface area contributed by atoms with Crippen LogP contribution in [0.5, 0.6) is 5.75 Å². The van der Waals surface area contributed by atoms with Crippen LogP contribution in [0, 0.1) is 0 Å². The van der Waals surface area contributed by atoms with Crippen LogP contribution in [0.1, 0.15) is 25.8 Å². The van der Waals surface area contributed by atoms with E-state index in [1.54, 1.807) is 0 Å². The standard InChI is InChI=1S/C23H27N3O3/c1-5-15-26-22(27)20(16-7-13-19(14-8-16)29-6-2)21(23(26)28)24-17-9-11-18(12-10-17)25(3)4/h7-14,24H,5-6,15H2,1-4H3. The number of amides is 2. The smallest absolute Gasteiger partial charge is 0.278 e. The van der Waals surface area contributed by atoms with Crippen LogP contribution in [-0.2, 0) is 9.59 Å². The van der Waals surface area contributed by atoms with Crippen molar-refractivity contribution in [2.75, 3.05) is 37.5 Å². The van der Waals surface area contributed by atoms with E-state index in [1.165, 1.54) is 4.90 Å². The first-order valence-electron chi connectivity index (χ1n) is 9.84. The highest BCUT2D eigenvalue weighted by molar-refractivity contribution is 6.36. The molecule has 0 fully saturated rings. The van der Waals surface area contributed by atoms with Crippen molar-refractivity contribution in [1.29, 1.82) is 0 Å². The van der Waals surface area contributed by atoms with Crippen molar-refractivity contribution in [3.8, 4) is 5.75 Å². The summed E-state index contributed by atoms with van der Waals surface area (Å²) in [4.78, 5) is 29.3. The number of imide groups is 1. The minimum atomic E-state index is -0.294. The van der Waals surface area contributed by atoms with Crippen LogP contribution in [0.3, 0.4) is 0 Å². The molecule has 6 nitrogen and oxygen atoms in total. The third-order valence-corrected chi connectivity index (χ3v) is 4.72. The van der Waals surface area contributed by atoms with Crippen LogP contribution in [0.25, 0.3) is 5.57 Å². The molecule has 2 aromatic carbocycles. The monoisotopic (exact) mass is 393 g/mol. The second-order valence-corrected chi connectivity index (χ2v) is 7.04. The molecule has 0 saturated heterocycles. The fourth-order valence-corrected chi connectivity index (χ4v) is 3.26. The molecule has 0 aromatic heterocycles. The third kappa shape index (κ3) is 4.26. The van der Waals surface area contributed by atoms with Crippen molar-refractivity contribution < 1.29 is 14.3 Å².